The number of carbonyl (C=O) groups excluding carboxylic acids is 2. The zero-order valence-corrected chi connectivity index (χ0v) is 27.0. The lowest BCUT2D eigenvalue weighted by atomic mass is 9.89. The van der Waals surface area contributed by atoms with Gasteiger partial charge in [0.15, 0.2) is 0 Å². The molecule has 0 spiro atoms. The first-order valence-electron chi connectivity index (χ1n) is 15.3. The van der Waals surface area contributed by atoms with E-state index in [1.165, 1.54) is 35.1 Å². The van der Waals surface area contributed by atoms with Crippen molar-refractivity contribution in [1.29, 1.82) is 0 Å². The summed E-state index contributed by atoms with van der Waals surface area (Å²) < 4.78 is 43.1. The third-order valence-electron chi connectivity index (χ3n) is 7.66. The average Bonchev–Trinajstić information content (AvgIpc) is 3.47. The summed E-state index contributed by atoms with van der Waals surface area (Å²) in [7, 11) is 0. The van der Waals surface area contributed by atoms with Gasteiger partial charge in [-0.15, -0.1) is 23.4 Å². The fourth-order valence-electron chi connectivity index (χ4n) is 5.32. The van der Waals surface area contributed by atoms with E-state index in [1.807, 2.05) is 22.6 Å². The van der Waals surface area contributed by atoms with Gasteiger partial charge in [0, 0.05) is 25.7 Å². The Bertz CT molecular complexity index is 1630. The average molecular weight is 687 g/mol. The van der Waals surface area contributed by atoms with Gasteiger partial charge in [-0.05, 0) is 90.3 Å². The van der Waals surface area contributed by atoms with Crippen LogP contribution >= 0.6 is 23.1 Å². The molecule has 0 radical (unpaired) electrons. The van der Waals surface area contributed by atoms with Gasteiger partial charge in [0.2, 0.25) is 16.9 Å². The highest BCUT2D eigenvalue weighted by Gasteiger charge is 2.31. The molecule has 0 saturated carbocycles. The molecule has 14 heteroatoms. The summed E-state index contributed by atoms with van der Waals surface area (Å²) in [5.41, 5.74) is 3.61. The Hall–Kier alpha value is -4.07. The van der Waals surface area contributed by atoms with Crippen LogP contribution in [0.4, 0.5) is 24.1 Å². The summed E-state index contributed by atoms with van der Waals surface area (Å²) in [4.78, 5) is 29.2. The van der Waals surface area contributed by atoms with Crippen LogP contribution in [0.3, 0.4) is 0 Å². The van der Waals surface area contributed by atoms with Crippen molar-refractivity contribution in [2.24, 2.45) is 0 Å². The number of alkyl halides is 3. The lowest BCUT2D eigenvalue weighted by Gasteiger charge is -2.27. The second-order valence-corrected chi connectivity index (χ2v) is 12.9. The number of unbranched alkanes of at least 4 members (excludes halogenated alkanes) is 1. The normalized spacial score (nSPS) is 14.1. The molecule has 2 aromatic carbocycles. The van der Waals surface area contributed by atoms with Crippen molar-refractivity contribution in [3.8, 4) is 5.75 Å². The molecule has 248 valence electrons. The van der Waals surface area contributed by atoms with Gasteiger partial charge in [0.1, 0.15) is 16.6 Å². The number of halogens is 4. The summed E-state index contributed by atoms with van der Waals surface area (Å²) >= 11 is 7.44. The van der Waals surface area contributed by atoms with Crippen molar-refractivity contribution in [2.75, 3.05) is 23.7 Å². The Kier molecular flexibility index (Phi) is 11.8. The molecule has 0 aliphatic carbocycles. The fourth-order valence-corrected chi connectivity index (χ4v) is 6.31. The Labute approximate surface area is 279 Å². The first-order valence-corrected chi connectivity index (χ1v) is 16.4. The predicted molar refractivity (Wildman–Crippen MR) is 174 cm³/mol. The highest BCUT2D eigenvalue weighted by atomic mass is 35.5. The number of piperidine rings is 1. The van der Waals surface area contributed by atoms with Crippen LogP contribution in [0, 0.1) is 0 Å². The highest BCUT2D eigenvalue weighted by molar-refractivity contribution is 7.15. The standard InChI is InChI=1S/C33H34ClF3N6O3S/c34-43-16-14-26(15-17-43)25-11-8-22(9-12-25)19-30(45)40-32-42-41-31(47-32)7-2-1-4-23-10-13-28(38-21-23)39-29(44)20-24-5-3-6-27(18-24)46-33(35,36)37/h3,5-6,8-13,18,21,26H,1-2,4,7,14-17,19-20H2,(H,38,39,44)(H,40,42,45). The number of hydrogen-bond donors (Lipinski definition) is 2. The van der Waals surface area contributed by atoms with Crippen molar-refractivity contribution in [3.05, 3.63) is 94.1 Å². The fraction of sp³-hybridized carbons (Fsp3) is 0.364. The molecule has 0 unspecified atom stereocenters. The van der Waals surface area contributed by atoms with Crippen LogP contribution in [0.1, 0.15) is 58.9 Å². The number of nitrogens with one attached hydrogen (secondary N) is 2. The van der Waals surface area contributed by atoms with Gasteiger partial charge in [-0.3, -0.25) is 9.59 Å². The quantitative estimate of drug-likeness (QED) is 0.114. The molecule has 3 heterocycles. The van der Waals surface area contributed by atoms with Crippen LogP contribution in [-0.2, 0) is 35.3 Å². The number of benzene rings is 2. The van der Waals surface area contributed by atoms with E-state index in [4.69, 9.17) is 11.8 Å². The summed E-state index contributed by atoms with van der Waals surface area (Å²) in [5, 5.41) is 15.2. The molecule has 5 rings (SSSR count). The number of pyridine rings is 1. The Morgan fingerprint density at radius 3 is 2.32 bits per heavy atom. The number of hydrogen-bond acceptors (Lipinski definition) is 8. The molecule has 4 aromatic rings. The lowest BCUT2D eigenvalue weighted by Crippen LogP contribution is -2.25. The molecular formula is C33H34ClF3N6O3S. The molecule has 1 aliphatic heterocycles. The third-order valence-corrected chi connectivity index (χ3v) is 8.90. The molecule has 0 atom stereocenters. The van der Waals surface area contributed by atoms with Crippen LogP contribution in [-0.4, -0.2) is 50.9 Å². The minimum Gasteiger partial charge on any atom is -0.406 e. The number of nitrogens with zero attached hydrogens (tertiary/aromatic N) is 4. The van der Waals surface area contributed by atoms with Crippen LogP contribution in [0.2, 0.25) is 0 Å². The van der Waals surface area contributed by atoms with Gasteiger partial charge < -0.3 is 15.4 Å². The minimum absolute atomic E-state index is 0.126. The van der Waals surface area contributed by atoms with Gasteiger partial charge in [-0.2, -0.15) is 0 Å². The second-order valence-electron chi connectivity index (χ2n) is 11.3. The van der Waals surface area contributed by atoms with Crippen molar-refractivity contribution in [1.82, 2.24) is 19.6 Å². The molecule has 1 fully saturated rings. The van der Waals surface area contributed by atoms with Gasteiger partial charge in [-0.25, -0.2) is 9.40 Å². The van der Waals surface area contributed by atoms with Crippen molar-refractivity contribution >= 4 is 45.9 Å². The number of aryl methyl sites for hydroxylation is 2. The largest absolute Gasteiger partial charge is 0.573 e. The number of anilines is 2. The third kappa shape index (κ3) is 11.3. The maximum atomic E-state index is 12.6. The molecular weight excluding hydrogens is 653 g/mol. The number of amides is 2. The zero-order chi connectivity index (χ0) is 33.2. The summed E-state index contributed by atoms with van der Waals surface area (Å²) in [5.74, 6) is -0.0614. The van der Waals surface area contributed by atoms with Crippen molar-refractivity contribution in [2.45, 2.75) is 63.6 Å². The van der Waals surface area contributed by atoms with E-state index < -0.39 is 12.3 Å². The molecule has 2 aromatic heterocycles. The Balaban J connectivity index is 0.986. The number of ether oxygens (including phenoxy) is 1. The van der Waals surface area contributed by atoms with E-state index in [2.05, 4.69) is 42.7 Å². The molecule has 1 aliphatic rings. The molecule has 9 nitrogen and oxygen atoms in total. The summed E-state index contributed by atoms with van der Waals surface area (Å²) in [6.07, 6.45) is 2.35. The topological polar surface area (TPSA) is 109 Å². The summed E-state index contributed by atoms with van der Waals surface area (Å²) in [6, 6.07) is 17.1. The van der Waals surface area contributed by atoms with E-state index in [-0.39, 0.29) is 24.5 Å². The number of rotatable bonds is 13. The molecule has 1 saturated heterocycles. The van der Waals surface area contributed by atoms with Crippen LogP contribution in [0.25, 0.3) is 0 Å². The van der Waals surface area contributed by atoms with Crippen molar-refractivity contribution < 1.29 is 27.5 Å². The van der Waals surface area contributed by atoms with Crippen LogP contribution in [0.15, 0.2) is 66.9 Å². The SMILES string of the molecule is O=C(Cc1cccc(OC(F)(F)F)c1)Nc1ccc(CCCCc2nnc(NC(=O)Cc3ccc(C4CCN(Cl)CC4)cc3)s2)cn1. The molecule has 0 bridgehead atoms. The van der Waals surface area contributed by atoms with Gasteiger partial charge in [0.25, 0.3) is 0 Å². The van der Waals surface area contributed by atoms with Crippen molar-refractivity contribution in [3.63, 3.8) is 0 Å². The van der Waals surface area contributed by atoms with E-state index in [0.29, 0.717) is 22.4 Å². The highest BCUT2D eigenvalue weighted by Crippen LogP contribution is 2.29. The van der Waals surface area contributed by atoms with Gasteiger partial charge in [0.05, 0.1) is 12.8 Å². The number of aromatic nitrogens is 3. The smallest absolute Gasteiger partial charge is 0.406 e. The first-order chi connectivity index (χ1) is 22.6. The monoisotopic (exact) mass is 686 g/mol. The van der Waals surface area contributed by atoms with Crippen LogP contribution < -0.4 is 15.4 Å². The zero-order valence-electron chi connectivity index (χ0n) is 25.4. The van der Waals surface area contributed by atoms with Gasteiger partial charge in [-0.1, -0.05) is 53.8 Å². The first kappa shape index (κ1) is 34.3. The van der Waals surface area contributed by atoms with Crippen LogP contribution in [0.5, 0.6) is 5.75 Å². The predicted octanol–water partition coefficient (Wildman–Crippen LogP) is 7.09. The van der Waals surface area contributed by atoms with E-state index in [9.17, 15) is 22.8 Å². The van der Waals surface area contributed by atoms with Gasteiger partial charge >= 0.3 is 6.36 Å². The van der Waals surface area contributed by atoms with E-state index in [1.54, 1.807) is 18.3 Å². The maximum absolute atomic E-state index is 12.6. The van der Waals surface area contributed by atoms with E-state index in [0.717, 1.165) is 67.7 Å². The summed E-state index contributed by atoms with van der Waals surface area (Å²) in [6.45, 7) is 1.77. The molecule has 47 heavy (non-hydrogen) atoms. The second kappa shape index (κ2) is 16.2. The molecule has 2 N–H and O–H groups in total. The maximum Gasteiger partial charge on any atom is 0.573 e. The lowest BCUT2D eigenvalue weighted by molar-refractivity contribution is -0.274. The van der Waals surface area contributed by atoms with E-state index >= 15 is 0 Å². The number of carbonyl (C=O) groups is 2. The Morgan fingerprint density at radius 2 is 1.60 bits per heavy atom. The minimum atomic E-state index is -4.80. The Morgan fingerprint density at radius 1 is 0.894 bits per heavy atom. The molecule has 2 amide bonds.